The molecule has 3 aromatic rings. The summed E-state index contributed by atoms with van der Waals surface area (Å²) in [6, 6.07) is 12.6. The van der Waals surface area contributed by atoms with Gasteiger partial charge in [-0.05, 0) is 32.0 Å². The molecule has 1 atom stereocenters. The van der Waals surface area contributed by atoms with Gasteiger partial charge in [0, 0.05) is 30.6 Å². The van der Waals surface area contributed by atoms with Gasteiger partial charge < -0.3 is 10.1 Å². The number of amides is 1. The molecule has 6 nitrogen and oxygen atoms in total. The Hall–Kier alpha value is -3.15. The number of hydrogen-bond donors (Lipinski definition) is 1. The smallest absolute Gasteiger partial charge is 0.253 e. The highest BCUT2D eigenvalue weighted by atomic mass is 16.5. The number of aromatic nitrogens is 3. The minimum absolute atomic E-state index is 0.138. The summed E-state index contributed by atoms with van der Waals surface area (Å²) in [5, 5.41) is 7.17. The number of benzene rings is 1. The third-order valence-electron chi connectivity index (χ3n) is 4.05. The molecule has 128 valence electrons. The molecule has 0 spiro atoms. The van der Waals surface area contributed by atoms with Gasteiger partial charge in [0.25, 0.3) is 5.91 Å². The van der Waals surface area contributed by atoms with Crippen LogP contribution in [0.15, 0.2) is 54.9 Å². The average Bonchev–Trinajstić information content (AvgIpc) is 2.95. The molecule has 1 aromatic carbocycles. The lowest BCUT2D eigenvalue weighted by molar-refractivity contribution is 0.0939. The number of aryl methyl sites for hydroxylation is 1. The molecule has 0 fully saturated rings. The van der Waals surface area contributed by atoms with Crippen LogP contribution in [0.4, 0.5) is 0 Å². The van der Waals surface area contributed by atoms with E-state index in [0.717, 1.165) is 11.3 Å². The second-order valence-corrected chi connectivity index (χ2v) is 5.80. The second kappa shape index (κ2) is 7.17. The Kier molecular flexibility index (Phi) is 4.79. The predicted octanol–water partition coefficient (Wildman–Crippen LogP) is 3.41. The molecule has 25 heavy (non-hydrogen) atoms. The van der Waals surface area contributed by atoms with Crippen molar-refractivity contribution in [2.45, 2.75) is 19.9 Å². The molecule has 2 aromatic heterocycles. The summed E-state index contributed by atoms with van der Waals surface area (Å²) in [5.74, 6) is 0.960. The van der Waals surface area contributed by atoms with Crippen molar-refractivity contribution in [3.63, 3.8) is 0 Å². The van der Waals surface area contributed by atoms with Crippen LogP contribution in [0, 0.1) is 6.92 Å². The largest absolute Gasteiger partial charge is 0.439 e. The number of hydrogen-bond acceptors (Lipinski definition) is 4. The molecular weight excluding hydrogens is 316 g/mol. The highest BCUT2D eigenvalue weighted by Crippen LogP contribution is 2.19. The molecule has 0 saturated heterocycles. The predicted molar refractivity (Wildman–Crippen MR) is 94.6 cm³/mol. The van der Waals surface area contributed by atoms with Gasteiger partial charge in [0.1, 0.15) is 5.75 Å². The number of ether oxygens (including phenoxy) is 1. The number of nitrogens with one attached hydrogen (secondary N) is 1. The lowest BCUT2D eigenvalue weighted by Gasteiger charge is -2.14. The molecule has 2 heterocycles. The average molecular weight is 336 g/mol. The van der Waals surface area contributed by atoms with E-state index in [9.17, 15) is 4.79 Å². The van der Waals surface area contributed by atoms with E-state index in [-0.39, 0.29) is 11.9 Å². The van der Waals surface area contributed by atoms with Crippen LogP contribution in [-0.4, -0.2) is 20.7 Å². The van der Waals surface area contributed by atoms with E-state index in [1.54, 1.807) is 23.0 Å². The fourth-order valence-electron chi connectivity index (χ4n) is 2.48. The fourth-order valence-corrected chi connectivity index (χ4v) is 2.48. The maximum absolute atomic E-state index is 12.4. The van der Waals surface area contributed by atoms with Gasteiger partial charge in [0.15, 0.2) is 0 Å². The molecule has 0 aliphatic carbocycles. The van der Waals surface area contributed by atoms with Crippen LogP contribution in [0.1, 0.15) is 34.6 Å². The van der Waals surface area contributed by atoms with E-state index < -0.39 is 0 Å². The number of pyridine rings is 1. The number of para-hydroxylation sites is 1. The number of nitrogens with zero attached hydrogens (tertiary/aromatic N) is 3. The quantitative estimate of drug-likeness (QED) is 0.775. The summed E-state index contributed by atoms with van der Waals surface area (Å²) in [4.78, 5) is 16.6. The minimum Gasteiger partial charge on any atom is -0.439 e. The van der Waals surface area contributed by atoms with Crippen molar-refractivity contribution in [3.05, 3.63) is 71.7 Å². The summed E-state index contributed by atoms with van der Waals surface area (Å²) in [5.41, 5.74) is 2.50. The van der Waals surface area contributed by atoms with Crippen LogP contribution in [-0.2, 0) is 7.05 Å². The summed E-state index contributed by atoms with van der Waals surface area (Å²) in [7, 11) is 1.88. The molecule has 0 radical (unpaired) electrons. The van der Waals surface area contributed by atoms with E-state index in [0.29, 0.717) is 17.2 Å². The van der Waals surface area contributed by atoms with E-state index in [4.69, 9.17) is 4.74 Å². The van der Waals surface area contributed by atoms with E-state index in [1.807, 2.05) is 51.2 Å². The highest BCUT2D eigenvalue weighted by Gasteiger charge is 2.16. The third-order valence-corrected chi connectivity index (χ3v) is 4.05. The van der Waals surface area contributed by atoms with Crippen LogP contribution in [0.2, 0.25) is 0 Å². The first-order valence-electron chi connectivity index (χ1n) is 8.03. The van der Waals surface area contributed by atoms with Crippen LogP contribution in [0.5, 0.6) is 11.6 Å². The molecule has 1 amide bonds. The molecule has 3 rings (SSSR count). The lowest BCUT2D eigenvalue weighted by atomic mass is 10.1. The first-order chi connectivity index (χ1) is 12.0. The summed E-state index contributed by atoms with van der Waals surface area (Å²) < 4.78 is 7.42. The summed E-state index contributed by atoms with van der Waals surface area (Å²) >= 11 is 0. The SMILES string of the molecule is Cc1c(C(C)NC(=O)c2ccc(Oc3ccccc3)nc2)cnn1C. The Morgan fingerprint density at radius 3 is 2.52 bits per heavy atom. The van der Waals surface area contributed by atoms with Crippen molar-refractivity contribution in [2.24, 2.45) is 7.05 Å². The molecule has 0 bridgehead atoms. The van der Waals surface area contributed by atoms with E-state index in [1.165, 1.54) is 6.20 Å². The van der Waals surface area contributed by atoms with E-state index in [2.05, 4.69) is 15.4 Å². The normalized spacial score (nSPS) is 11.8. The van der Waals surface area contributed by atoms with Crippen molar-refractivity contribution in [1.82, 2.24) is 20.1 Å². The number of carbonyl (C=O) groups is 1. The van der Waals surface area contributed by atoms with Gasteiger partial charge in [0.2, 0.25) is 5.88 Å². The van der Waals surface area contributed by atoms with Crippen molar-refractivity contribution in [1.29, 1.82) is 0 Å². The Morgan fingerprint density at radius 2 is 1.92 bits per heavy atom. The number of carbonyl (C=O) groups excluding carboxylic acids is 1. The van der Waals surface area contributed by atoms with Gasteiger partial charge in [-0.15, -0.1) is 0 Å². The monoisotopic (exact) mass is 336 g/mol. The highest BCUT2D eigenvalue weighted by molar-refractivity contribution is 5.94. The van der Waals surface area contributed by atoms with Crippen molar-refractivity contribution in [3.8, 4) is 11.6 Å². The van der Waals surface area contributed by atoms with Gasteiger partial charge in [0.05, 0.1) is 17.8 Å². The maximum Gasteiger partial charge on any atom is 0.253 e. The Labute approximate surface area is 146 Å². The van der Waals surface area contributed by atoms with Crippen LogP contribution >= 0.6 is 0 Å². The number of rotatable bonds is 5. The van der Waals surface area contributed by atoms with Crippen molar-refractivity contribution < 1.29 is 9.53 Å². The van der Waals surface area contributed by atoms with Crippen molar-refractivity contribution in [2.75, 3.05) is 0 Å². The zero-order chi connectivity index (χ0) is 17.8. The van der Waals surface area contributed by atoms with Gasteiger partial charge in [-0.3, -0.25) is 9.48 Å². The van der Waals surface area contributed by atoms with Crippen LogP contribution < -0.4 is 10.1 Å². The Morgan fingerprint density at radius 1 is 1.16 bits per heavy atom. The summed E-state index contributed by atoms with van der Waals surface area (Å²) in [6.07, 6.45) is 3.28. The second-order valence-electron chi connectivity index (χ2n) is 5.80. The summed E-state index contributed by atoms with van der Waals surface area (Å²) in [6.45, 7) is 3.91. The molecular formula is C19H20N4O2. The lowest BCUT2D eigenvalue weighted by Crippen LogP contribution is -2.27. The molecule has 1 N–H and O–H groups in total. The maximum atomic E-state index is 12.4. The topological polar surface area (TPSA) is 69.0 Å². The Balaban J connectivity index is 1.65. The zero-order valence-corrected chi connectivity index (χ0v) is 14.4. The molecule has 0 aliphatic heterocycles. The van der Waals surface area contributed by atoms with E-state index >= 15 is 0 Å². The zero-order valence-electron chi connectivity index (χ0n) is 14.4. The molecule has 0 saturated carbocycles. The first kappa shape index (κ1) is 16.7. The molecule has 6 heteroatoms. The van der Waals surface area contributed by atoms with Gasteiger partial charge in [-0.2, -0.15) is 5.10 Å². The molecule has 1 unspecified atom stereocenters. The van der Waals surface area contributed by atoms with Gasteiger partial charge in [-0.1, -0.05) is 18.2 Å². The van der Waals surface area contributed by atoms with Crippen LogP contribution in [0.25, 0.3) is 0 Å². The van der Waals surface area contributed by atoms with Gasteiger partial charge >= 0.3 is 0 Å². The first-order valence-corrected chi connectivity index (χ1v) is 8.03. The standard InChI is InChI=1S/C19H20N4O2/c1-13(17-12-21-23(3)14(17)2)22-19(24)15-9-10-18(20-11-15)25-16-7-5-4-6-8-16/h4-13H,1-3H3,(H,22,24). The van der Waals surface area contributed by atoms with Gasteiger partial charge in [-0.25, -0.2) is 4.98 Å². The fraction of sp³-hybridized carbons (Fsp3) is 0.211. The minimum atomic E-state index is -0.186. The van der Waals surface area contributed by atoms with Crippen LogP contribution in [0.3, 0.4) is 0 Å². The Bertz CT molecular complexity index is 857. The van der Waals surface area contributed by atoms with Crippen molar-refractivity contribution >= 4 is 5.91 Å². The molecule has 0 aliphatic rings. The third kappa shape index (κ3) is 3.85.